The van der Waals surface area contributed by atoms with Crippen LogP contribution in [0.15, 0.2) is 0 Å². The van der Waals surface area contributed by atoms with Crippen LogP contribution < -0.4 is 5.32 Å². The first-order chi connectivity index (χ1) is 8.20. The maximum Gasteiger partial charge on any atom is 0.236 e. The van der Waals surface area contributed by atoms with Crippen LogP contribution in [0.4, 0.5) is 0 Å². The summed E-state index contributed by atoms with van der Waals surface area (Å²) in [6.07, 6.45) is 3.89. The first kappa shape index (κ1) is 12.8. The Morgan fingerprint density at radius 3 is 2.59 bits per heavy atom. The molecule has 1 heterocycles. The lowest BCUT2D eigenvalue weighted by Crippen LogP contribution is -2.47. The van der Waals surface area contributed by atoms with Gasteiger partial charge in [0.1, 0.15) is 0 Å². The molecule has 2 N–H and O–H groups in total. The molecule has 0 aromatic carbocycles. The second-order valence-corrected chi connectivity index (χ2v) is 5.03. The number of aliphatic hydroxyl groups is 1. The quantitative estimate of drug-likeness (QED) is 0.713. The maximum atomic E-state index is 11.8. The van der Waals surface area contributed by atoms with Crippen LogP contribution in [-0.2, 0) is 9.53 Å². The third-order valence-electron chi connectivity index (χ3n) is 3.63. The van der Waals surface area contributed by atoms with Gasteiger partial charge in [0.2, 0.25) is 5.91 Å². The van der Waals surface area contributed by atoms with Crippen LogP contribution in [0.25, 0.3) is 0 Å². The van der Waals surface area contributed by atoms with E-state index in [2.05, 4.69) is 5.32 Å². The van der Waals surface area contributed by atoms with E-state index in [-0.39, 0.29) is 5.91 Å². The van der Waals surface area contributed by atoms with Crippen molar-refractivity contribution >= 4 is 5.91 Å². The molecule has 1 amide bonds. The first-order valence-corrected chi connectivity index (χ1v) is 6.48. The third-order valence-corrected chi connectivity index (χ3v) is 3.63. The van der Waals surface area contributed by atoms with Crippen molar-refractivity contribution in [2.75, 3.05) is 39.4 Å². The number of rotatable bonds is 4. The Morgan fingerprint density at radius 1 is 1.29 bits per heavy atom. The van der Waals surface area contributed by atoms with E-state index in [0.717, 1.165) is 25.7 Å². The highest BCUT2D eigenvalue weighted by molar-refractivity contribution is 5.78. The van der Waals surface area contributed by atoms with Gasteiger partial charge in [0.25, 0.3) is 0 Å². The largest absolute Gasteiger partial charge is 0.389 e. The summed E-state index contributed by atoms with van der Waals surface area (Å²) in [6, 6.07) is 0. The number of nitrogens with zero attached hydrogens (tertiary/aromatic N) is 1. The van der Waals surface area contributed by atoms with E-state index in [9.17, 15) is 9.90 Å². The molecule has 2 fully saturated rings. The van der Waals surface area contributed by atoms with Gasteiger partial charge in [-0.1, -0.05) is 12.8 Å². The molecule has 0 unspecified atom stereocenters. The van der Waals surface area contributed by atoms with Crippen molar-refractivity contribution in [3.63, 3.8) is 0 Å². The summed E-state index contributed by atoms with van der Waals surface area (Å²) in [5.74, 6) is 0.106. The normalized spacial score (nSPS) is 23.9. The summed E-state index contributed by atoms with van der Waals surface area (Å²) >= 11 is 0. The van der Waals surface area contributed by atoms with Crippen molar-refractivity contribution in [3.8, 4) is 0 Å². The Balaban J connectivity index is 1.65. The number of ether oxygens (including phenoxy) is 1. The molecular weight excluding hydrogens is 220 g/mol. The van der Waals surface area contributed by atoms with E-state index in [0.29, 0.717) is 39.4 Å². The van der Waals surface area contributed by atoms with Crippen LogP contribution in [0.3, 0.4) is 0 Å². The minimum absolute atomic E-state index is 0.106. The molecule has 0 atom stereocenters. The number of carbonyl (C=O) groups is 1. The van der Waals surface area contributed by atoms with Gasteiger partial charge in [-0.05, 0) is 12.8 Å². The molecule has 2 aliphatic rings. The molecule has 5 nitrogen and oxygen atoms in total. The lowest BCUT2D eigenvalue weighted by atomic mass is 10.0. The molecular formula is C12H22N2O3. The van der Waals surface area contributed by atoms with Gasteiger partial charge in [-0.2, -0.15) is 0 Å². The van der Waals surface area contributed by atoms with Crippen molar-refractivity contribution in [1.82, 2.24) is 10.2 Å². The van der Waals surface area contributed by atoms with Crippen LogP contribution in [-0.4, -0.2) is 60.9 Å². The first-order valence-electron chi connectivity index (χ1n) is 6.48. The van der Waals surface area contributed by atoms with E-state index < -0.39 is 5.60 Å². The van der Waals surface area contributed by atoms with E-state index in [4.69, 9.17) is 4.74 Å². The zero-order valence-corrected chi connectivity index (χ0v) is 10.3. The molecule has 0 radical (unpaired) electrons. The van der Waals surface area contributed by atoms with Crippen LogP contribution >= 0.6 is 0 Å². The zero-order valence-electron chi connectivity index (χ0n) is 10.3. The lowest BCUT2D eigenvalue weighted by Gasteiger charge is -2.28. The molecule has 2 rings (SSSR count). The Labute approximate surface area is 102 Å². The standard InChI is InChI=1S/C12H22N2O3/c15-11(14-5-7-17-8-6-14)9-13-10-12(16)3-1-2-4-12/h13,16H,1-10H2. The number of amides is 1. The Hall–Kier alpha value is -0.650. The van der Waals surface area contributed by atoms with E-state index in [1.807, 2.05) is 4.90 Å². The van der Waals surface area contributed by atoms with Crippen molar-refractivity contribution < 1.29 is 14.6 Å². The molecule has 1 aliphatic carbocycles. The zero-order chi connectivity index (χ0) is 12.1. The molecule has 1 aliphatic heterocycles. The predicted molar refractivity (Wildman–Crippen MR) is 63.7 cm³/mol. The second-order valence-electron chi connectivity index (χ2n) is 5.03. The molecule has 1 saturated heterocycles. The van der Waals surface area contributed by atoms with Crippen molar-refractivity contribution in [1.29, 1.82) is 0 Å². The fraction of sp³-hybridized carbons (Fsp3) is 0.917. The van der Waals surface area contributed by atoms with Gasteiger partial charge in [-0.15, -0.1) is 0 Å². The van der Waals surface area contributed by atoms with Crippen LogP contribution in [0.2, 0.25) is 0 Å². The minimum Gasteiger partial charge on any atom is -0.389 e. The summed E-state index contributed by atoms with van der Waals surface area (Å²) in [5.41, 5.74) is -0.578. The second kappa shape index (κ2) is 5.80. The molecule has 1 saturated carbocycles. The number of hydrogen-bond donors (Lipinski definition) is 2. The average molecular weight is 242 g/mol. The average Bonchev–Trinajstić information content (AvgIpc) is 2.77. The highest BCUT2D eigenvalue weighted by atomic mass is 16.5. The molecule has 0 aromatic heterocycles. The van der Waals surface area contributed by atoms with Gasteiger partial charge in [0, 0.05) is 19.6 Å². The number of carbonyl (C=O) groups excluding carboxylic acids is 1. The fourth-order valence-electron chi connectivity index (χ4n) is 2.54. The monoisotopic (exact) mass is 242 g/mol. The SMILES string of the molecule is O=C(CNCC1(O)CCCC1)N1CCOCC1. The van der Waals surface area contributed by atoms with Gasteiger partial charge in [-0.25, -0.2) is 0 Å². The number of morpholine rings is 1. The Kier molecular flexibility index (Phi) is 4.36. The van der Waals surface area contributed by atoms with E-state index in [1.54, 1.807) is 0 Å². The van der Waals surface area contributed by atoms with Gasteiger partial charge in [-0.3, -0.25) is 4.79 Å². The maximum absolute atomic E-state index is 11.8. The summed E-state index contributed by atoms with van der Waals surface area (Å²) < 4.78 is 5.20. The Bertz CT molecular complexity index is 258. The van der Waals surface area contributed by atoms with E-state index >= 15 is 0 Å². The highest BCUT2D eigenvalue weighted by Gasteiger charge is 2.30. The van der Waals surface area contributed by atoms with Crippen molar-refractivity contribution in [2.24, 2.45) is 0 Å². The van der Waals surface area contributed by atoms with Crippen molar-refractivity contribution in [2.45, 2.75) is 31.3 Å². The van der Waals surface area contributed by atoms with Crippen LogP contribution in [0.1, 0.15) is 25.7 Å². The molecule has 0 aromatic rings. The number of hydrogen-bond acceptors (Lipinski definition) is 4. The summed E-state index contributed by atoms with van der Waals surface area (Å²) in [7, 11) is 0. The molecule has 0 spiro atoms. The minimum atomic E-state index is -0.578. The van der Waals surface area contributed by atoms with Crippen LogP contribution in [0.5, 0.6) is 0 Å². The van der Waals surface area contributed by atoms with Gasteiger partial charge < -0.3 is 20.1 Å². The Morgan fingerprint density at radius 2 is 1.94 bits per heavy atom. The van der Waals surface area contributed by atoms with Gasteiger partial charge >= 0.3 is 0 Å². The molecule has 0 bridgehead atoms. The number of nitrogens with one attached hydrogen (secondary N) is 1. The third kappa shape index (κ3) is 3.66. The topological polar surface area (TPSA) is 61.8 Å². The summed E-state index contributed by atoms with van der Waals surface area (Å²) in [5, 5.41) is 13.2. The fourth-order valence-corrected chi connectivity index (χ4v) is 2.54. The van der Waals surface area contributed by atoms with Crippen molar-refractivity contribution in [3.05, 3.63) is 0 Å². The predicted octanol–water partition coefficient (Wildman–Crippen LogP) is -0.260. The molecule has 98 valence electrons. The smallest absolute Gasteiger partial charge is 0.236 e. The van der Waals surface area contributed by atoms with Gasteiger partial charge in [0.15, 0.2) is 0 Å². The van der Waals surface area contributed by atoms with Crippen LogP contribution in [0, 0.1) is 0 Å². The molecule has 5 heteroatoms. The summed E-state index contributed by atoms with van der Waals surface area (Å²) in [4.78, 5) is 13.6. The lowest BCUT2D eigenvalue weighted by molar-refractivity contribution is -0.134. The van der Waals surface area contributed by atoms with Gasteiger partial charge in [0.05, 0.1) is 25.4 Å². The molecule has 17 heavy (non-hydrogen) atoms. The van der Waals surface area contributed by atoms with E-state index in [1.165, 1.54) is 0 Å². The highest BCUT2D eigenvalue weighted by Crippen LogP contribution is 2.28. The summed E-state index contributed by atoms with van der Waals surface area (Å²) in [6.45, 7) is 3.49.